The zero-order valence-electron chi connectivity index (χ0n) is 16.3. The minimum atomic E-state index is -0.752. The lowest BCUT2D eigenvalue weighted by Gasteiger charge is -2.11. The number of hydrogen-bond acceptors (Lipinski definition) is 8. The first-order valence-electron chi connectivity index (χ1n) is 8.46. The van der Waals surface area contributed by atoms with E-state index in [2.05, 4.69) is 5.32 Å². The number of thiophene rings is 1. The number of anilines is 1. The molecule has 156 valence electrons. The zero-order valence-corrected chi connectivity index (χ0v) is 17.9. The van der Waals surface area contributed by atoms with E-state index in [9.17, 15) is 14.4 Å². The molecule has 1 aromatic carbocycles. The number of rotatable bonds is 8. The van der Waals surface area contributed by atoms with E-state index in [-0.39, 0.29) is 28.7 Å². The Labute approximate surface area is 176 Å². The highest BCUT2D eigenvalue weighted by atomic mass is 35.5. The van der Waals surface area contributed by atoms with Crippen molar-refractivity contribution in [1.82, 2.24) is 0 Å². The van der Waals surface area contributed by atoms with E-state index in [1.165, 1.54) is 26.4 Å². The van der Waals surface area contributed by atoms with Crippen LogP contribution in [-0.2, 0) is 14.3 Å². The largest absolute Gasteiger partial charge is 0.493 e. The van der Waals surface area contributed by atoms with Crippen molar-refractivity contribution < 1.29 is 33.3 Å². The van der Waals surface area contributed by atoms with Crippen molar-refractivity contribution in [3.05, 3.63) is 39.2 Å². The number of carbonyl (C=O) groups is 3. The number of halogens is 1. The van der Waals surface area contributed by atoms with Gasteiger partial charge in [-0.2, -0.15) is 0 Å². The van der Waals surface area contributed by atoms with Gasteiger partial charge in [-0.1, -0.05) is 11.6 Å². The maximum Gasteiger partial charge on any atom is 0.348 e. The Kier molecular flexibility index (Phi) is 7.86. The normalized spacial score (nSPS) is 10.2. The number of carbonyl (C=O) groups excluding carboxylic acids is 3. The van der Waals surface area contributed by atoms with Gasteiger partial charge in [0.25, 0.3) is 5.91 Å². The first-order chi connectivity index (χ1) is 13.8. The summed E-state index contributed by atoms with van der Waals surface area (Å²) in [5.74, 6) is -1.21. The summed E-state index contributed by atoms with van der Waals surface area (Å²) in [5, 5.41) is 3.20. The molecule has 2 aromatic rings. The van der Waals surface area contributed by atoms with Gasteiger partial charge in [-0.3, -0.25) is 4.79 Å². The van der Waals surface area contributed by atoms with E-state index in [0.29, 0.717) is 15.4 Å². The van der Waals surface area contributed by atoms with E-state index >= 15 is 0 Å². The van der Waals surface area contributed by atoms with E-state index in [1.807, 2.05) is 0 Å². The number of nitrogens with one attached hydrogen (secondary N) is 1. The molecular weight excluding hydrogens is 422 g/mol. The summed E-state index contributed by atoms with van der Waals surface area (Å²) in [6, 6.07) is 4.40. The molecule has 0 aliphatic carbocycles. The minimum absolute atomic E-state index is 0.108. The van der Waals surface area contributed by atoms with Gasteiger partial charge >= 0.3 is 11.9 Å². The third kappa shape index (κ3) is 5.61. The van der Waals surface area contributed by atoms with Crippen molar-refractivity contribution in [2.45, 2.75) is 13.8 Å². The van der Waals surface area contributed by atoms with Crippen molar-refractivity contribution >= 4 is 45.8 Å². The van der Waals surface area contributed by atoms with Crippen LogP contribution in [0.3, 0.4) is 0 Å². The lowest BCUT2D eigenvalue weighted by Crippen LogP contribution is -2.20. The Bertz CT molecular complexity index is 926. The van der Waals surface area contributed by atoms with Crippen LogP contribution in [0.15, 0.2) is 18.2 Å². The van der Waals surface area contributed by atoms with Gasteiger partial charge in [0.05, 0.1) is 36.4 Å². The van der Waals surface area contributed by atoms with Crippen molar-refractivity contribution in [2.24, 2.45) is 0 Å². The second-order valence-corrected chi connectivity index (χ2v) is 7.12. The van der Waals surface area contributed by atoms with E-state index in [1.54, 1.807) is 19.9 Å². The predicted octanol–water partition coefficient (Wildman–Crippen LogP) is 3.70. The summed E-state index contributed by atoms with van der Waals surface area (Å²) in [5.41, 5.74) is 0.790. The molecular formula is C19H20ClNO7S. The summed E-state index contributed by atoms with van der Waals surface area (Å²) in [6.07, 6.45) is 0. The summed E-state index contributed by atoms with van der Waals surface area (Å²) >= 11 is 7.15. The van der Waals surface area contributed by atoms with E-state index < -0.39 is 24.5 Å². The van der Waals surface area contributed by atoms with Gasteiger partial charge in [0.15, 0.2) is 18.1 Å². The van der Waals surface area contributed by atoms with Crippen LogP contribution in [0.5, 0.6) is 11.5 Å². The first kappa shape index (κ1) is 22.5. The fourth-order valence-corrected chi connectivity index (χ4v) is 3.64. The lowest BCUT2D eigenvalue weighted by atomic mass is 10.2. The maximum atomic E-state index is 12.2. The number of amides is 1. The summed E-state index contributed by atoms with van der Waals surface area (Å²) < 4.78 is 20.2. The molecule has 0 saturated heterocycles. The van der Waals surface area contributed by atoms with Gasteiger partial charge < -0.3 is 24.3 Å². The van der Waals surface area contributed by atoms with Gasteiger partial charge in [0.2, 0.25) is 0 Å². The van der Waals surface area contributed by atoms with Crippen molar-refractivity contribution in [3.63, 3.8) is 0 Å². The molecule has 29 heavy (non-hydrogen) atoms. The molecule has 0 aliphatic rings. The zero-order chi connectivity index (χ0) is 21.6. The maximum absolute atomic E-state index is 12.2. The molecule has 0 radical (unpaired) electrons. The molecule has 1 amide bonds. The van der Waals surface area contributed by atoms with Gasteiger partial charge in [0, 0.05) is 0 Å². The van der Waals surface area contributed by atoms with Crippen LogP contribution in [-0.4, -0.2) is 45.3 Å². The van der Waals surface area contributed by atoms with Crippen molar-refractivity contribution in [2.75, 3.05) is 32.8 Å². The fraction of sp³-hybridized carbons (Fsp3) is 0.316. The summed E-state index contributed by atoms with van der Waals surface area (Å²) in [4.78, 5) is 36.6. The van der Waals surface area contributed by atoms with Gasteiger partial charge in [-0.15, -0.1) is 11.3 Å². The second-order valence-electron chi connectivity index (χ2n) is 5.66. The van der Waals surface area contributed by atoms with Crippen LogP contribution in [0.25, 0.3) is 0 Å². The SMILES string of the molecule is CCOC(=O)c1sc(NC(=O)COC(=O)c2cc(Cl)c(OC)c(OC)c2)cc1C. The molecule has 0 unspecified atom stereocenters. The van der Waals surface area contributed by atoms with Crippen LogP contribution >= 0.6 is 22.9 Å². The molecule has 10 heteroatoms. The molecule has 8 nitrogen and oxygen atoms in total. The number of aryl methyl sites for hydroxylation is 1. The highest BCUT2D eigenvalue weighted by molar-refractivity contribution is 7.18. The molecule has 0 aliphatic heterocycles. The Morgan fingerprint density at radius 1 is 1.07 bits per heavy atom. The number of ether oxygens (including phenoxy) is 4. The second kappa shape index (κ2) is 10.1. The Morgan fingerprint density at radius 2 is 1.79 bits per heavy atom. The summed E-state index contributed by atoms with van der Waals surface area (Å²) in [7, 11) is 2.83. The lowest BCUT2D eigenvalue weighted by molar-refractivity contribution is -0.119. The smallest absolute Gasteiger partial charge is 0.348 e. The summed E-state index contributed by atoms with van der Waals surface area (Å²) in [6.45, 7) is 3.19. The van der Waals surface area contributed by atoms with Crippen LogP contribution in [0.4, 0.5) is 5.00 Å². The average Bonchev–Trinajstić information content (AvgIpc) is 3.05. The third-order valence-electron chi connectivity index (χ3n) is 3.64. The van der Waals surface area contributed by atoms with Crippen LogP contribution in [0.2, 0.25) is 5.02 Å². The third-order valence-corrected chi connectivity index (χ3v) is 5.06. The number of esters is 2. The monoisotopic (exact) mass is 441 g/mol. The van der Waals surface area contributed by atoms with Crippen LogP contribution in [0.1, 0.15) is 32.5 Å². The van der Waals surface area contributed by atoms with E-state index in [0.717, 1.165) is 11.3 Å². The van der Waals surface area contributed by atoms with E-state index in [4.69, 9.17) is 30.5 Å². The molecule has 1 aromatic heterocycles. The molecule has 1 N–H and O–H groups in total. The molecule has 2 rings (SSSR count). The Balaban J connectivity index is 1.99. The quantitative estimate of drug-likeness (QED) is 0.623. The molecule has 1 heterocycles. The first-order valence-corrected chi connectivity index (χ1v) is 9.66. The number of benzene rings is 1. The molecule has 0 saturated carbocycles. The van der Waals surface area contributed by atoms with Crippen LogP contribution in [0, 0.1) is 6.92 Å². The minimum Gasteiger partial charge on any atom is -0.493 e. The Hall–Kier alpha value is -2.78. The Morgan fingerprint density at radius 3 is 2.41 bits per heavy atom. The van der Waals surface area contributed by atoms with Gasteiger partial charge in [0.1, 0.15) is 4.88 Å². The molecule has 0 bridgehead atoms. The van der Waals surface area contributed by atoms with Gasteiger partial charge in [-0.05, 0) is 37.6 Å². The standard InChI is InChI=1S/C19H20ClNO7S/c1-5-27-19(24)17-10(2)6-15(29-17)21-14(22)9-28-18(23)11-7-12(20)16(26-4)13(8-11)25-3/h6-8H,5,9H2,1-4H3,(H,21,22). The molecule has 0 spiro atoms. The molecule has 0 atom stereocenters. The number of hydrogen-bond donors (Lipinski definition) is 1. The van der Waals surface area contributed by atoms with Gasteiger partial charge in [-0.25, -0.2) is 9.59 Å². The van der Waals surface area contributed by atoms with Crippen molar-refractivity contribution in [3.8, 4) is 11.5 Å². The highest BCUT2D eigenvalue weighted by Crippen LogP contribution is 2.36. The van der Waals surface area contributed by atoms with Crippen LogP contribution < -0.4 is 14.8 Å². The number of methoxy groups -OCH3 is 2. The topological polar surface area (TPSA) is 100 Å². The molecule has 0 fully saturated rings. The average molecular weight is 442 g/mol. The fourth-order valence-electron chi connectivity index (χ4n) is 2.37. The van der Waals surface area contributed by atoms with Crippen molar-refractivity contribution in [1.29, 1.82) is 0 Å². The highest BCUT2D eigenvalue weighted by Gasteiger charge is 2.19. The predicted molar refractivity (Wildman–Crippen MR) is 108 cm³/mol.